The van der Waals surface area contributed by atoms with E-state index in [4.69, 9.17) is 4.98 Å². The first kappa shape index (κ1) is 19.5. The molecule has 0 aliphatic carbocycles. The standard InChI is InChI=1S/C24H28N4O/c1-16(18-10-12-28(3)13-11-18)22-9-6-20-15-25-24(14-23(20)27-22)26-21-7-4-19(5-8-21)17(2)29/h4-9,14-16,18H,10-13H2,1-3H3,(H,25,26)/t16-/m0/s1. The van der Waals surface area contributed by atoms with Crippen LogP contribution in [0.2, 0.25) is 0 Å². The van der Waals surface area contributed by atoms with Crippen molar-refractivity contribution in [1.29, 1.82) is 0 Å². The van der Waals surface area contributed by atoms with Crippen LogP contribution >= 0.6 is 0 Å². The Morgan fingerprint density at radius 3 is 2.55 bits per heavy atom. The summed E-state index contributed by atoms with van der Waals surface area (Å²) in [4.78, 5) is 23.3. The number of likely N-dealkylation sites (tertiary alicyclic amines) is 1. The molecule has 2 aromatic heterocycles. The maximum absolute atomic E-state index is 11.4. The van der Waals surface area contributed by atoms with Crippen molar-refractivity contribution >= 4 is 28.2 Å². The first-order valence-corrected chi connectivity index (χ1v) is 10.3. The number of nitrogens with zero attached hydrogens (tertiary/aromatic N) is 3. The molecule has 1 aliphatic heterocycles. The molecule has 0 saturated carbocycles. The molecule has 1 fully saturated rings. The van der Waals surface area contributed by atoms with E-state index in [0.717, 1.165) is 28.1 Å². The number of ketones is 1. The molecule has 4 rings (SSSR count). The summed E-state index contributed by atoms with van der Waals surface area (Å²) in [5, 5.41) is 4.35. The maximum Gasteiger partial charge on any atom is 0.159 e. The van der Waals surface area contributed by atoms with Gasteiger partial charge in [0.1, 0.15) is 5.82 Å². The van der Waals surface area contributed by atoms with Crippen LogP contribution in [0, 0.1) is 5.92 Å². The summed E-state index contributed by atoms with van der Waals surface area (Å²) in [5.41, 5.74) is 3.73. The monoisotopic (exact) mass is 388 g/mol. The number of rotatable bonds is 5. The van der Waals surface area contributed by atoms with Crippen LogP contribution in [0.4, 0.5) is 11.5 Å². The first-order chi connectivity index (χ1) is 14.0. The van der Waals surface area contributed by atoms with E-state index >= 15 is 0 Å². The number of carbonyl (C=O) groups is 1. The number of Topliss-reactive ketones (excluding diaryl/α,β-unsaturated/α-hetero) is 1. The smallest absolute Gasteiger partial charge is 0.159 e. The molecule has 3 heterocycles. The highest BCUT2D eigenvalue weighted by molar-refractivity contribution is 5.94. The Morgan fingerprint density at radius 2 is 1.86 bits per heavy atom. The second kappa shape index (κ2) is 8.29. The molecule has 150 valence electrons. The molecule has 0 unspecified atom stereocenters. The van der Waals surface area contributed by atoms with Crippen molar-refractivity contribution in [3.05, 3.63) is 59.9 Å². The number of aromatic nitrogens is 2. The minimum Gasteiger partial charge on any atom is -0.340 e. The quantitative estimate of drug-likeness (QED) is 0.622. The lowest BCUT2D eigenvalue weighted by Crippen LogP contribution is -2.32. The van der Waals surface area contributed by atoms with Crippen LogP contribution in [0.15, 0.2) is 48.7 Å². The Balaban J connectivity index is 1.54. The number of anilines is 2. The number of carbonyl (C=O) groups excluding carboxylic acids is 1. The van der Waals surface area contributed by atoms with E-state index in [1.807, 2.05) is 36.5 Å². The Morgan fingerprint density at radius 1 is 1.14 bits per heavy atom. The van der Waals surface area contributed by atoms with E-state index in [9.17, 15) is 4.79 Å². The number of hydrogen-bond acceptors (Lipinski definition) is 5. The summed E-state index contributed by atoms with van der Waals surface area (Å²) in [6.07, 6.45) is 4.33. The summed E-state index contributed by atoms with van der Waals surface area (Å²) in [6.45, 7) is 6.22. The average Bonchev–Trinajstić information content (AvgIpc) is 2.73. The number of pyridine rings is 2. The third kappa shape index (κ3) is 4.46. The zero-order chi connectivity index (χ0) is 20.4. The van der Waals surface area contributed by atoms with Crippen molar-refractivity contribution < 1.29 is 4.79 Å². The highest BCUT2D eigenvalue weighted by Gasteiger charge is 2.24. The molecular weight excluding hydrogens is 360 g/mol. The highest BCUT2D eigenvalue weighted by atomic mass is 16.1. The van der Waals surface area contributed by atoms with Gasteiger partial charge in [-0.05, 0) is 82.2 Å². The molecule has 3 aromatic rings. The number of piperidine rings is 1. The van der Waals surface area contributed by atoms with Crippen LogP contribution in [0.25, 0.3) is 10.9 Å². The fourth-order valence-corrected chi connectivity index (χ4v) is 4.06. The fraction of sp³-hybridized carbons (Fsp3) is 0.375. The van der Waals surface area contributed by atoms with Gasteiger partial charge in [-0.25, -0.2) is 4.98 Å². The molecule has 29 heavy (non-hydrogen) atoms. The predicted octanol–water partition coefficient (Wildman–Crippen LogP) is 5.02. The van der Waals surface area contributed by atoms with Crippen LogP contribution in [0.3, 0.4) is 0 Å². The Kier molecular flexibility index (Phi) is 5.58. The second-order valence-corrected chi connectivity index (χ2v) is 8.19. The van der Waals surface area contributed by atoms with Crippen molar-refractivity contribution in [3.8, 4) is 0 Å². The predicted molar refractivity (Wildman–Crippen MR) is 118 cm³/mol. The van der Waals surface area contributed by atoms with E-state index in [2.05, 4.69) is 41.3 Å². The van der Waals surface area contributed by atoms with Gasteiger partial charge in [0.05, 0.1) is 5.52 Å². The van der Waals surface area contributed by atoms with Crippen LogP contribution in [0.5, 0.6) is 0 Å². The van der Waals surface area contributed by atoms with Crippen molar-refractivity contribution in [1.82, 2.24) is 14.9 Å². The summed E-state index contributed by atoms with van der Waals surface area (Å²) in [6, 6.07) is 13.7. The van der Waals surface area contributed by atoms with Gasteiger partial charge in [0, 0.05) is 40.5 Å². The number of fused-ring (bicyclic) bond motifs is 1. The largest absolute Gasteiger partial charge is 0.340 e. The summed E-state index contributed by atoms with van der Waals surface area (Å²) in [5.74, 6) is 1.97. The summed E-state index contributed by atoms with van der Waals surface area (Å²) < 4.78 is 0. The van der Waals surface area contributed by atoms with E-state index < -0.39 is 0 Å². The van der Waals surface area contributed by atoms with Gasteiger partial charge in [0.2, 0.25) is 0 Å². The molecule has 0 bridgehead atoms. The average molecular weight is 389 g/mol. The zero-order valence-electron chi connectivity index (χ0n) is 17.4. The van der Waals surface area contributed by atoms with E-state index in [1.54, 1.807) is 6.92 Å². The minimum atomic E-state index is 0.0656. The van der Waals surface area contributed by atoms with Crippen LogP contribution in [0.1, 0.15) is 48.7 Å². The first-order valence-electron chi connectivity index (χ1n) is 10.3. The summed E-state index contributed by atoms with van der Waals surface area (Å²) in [7, 11) is 2.20. The molecule has 0 spiro atoms. The Labute approximate surface area is 172 Å². The van der Waals surface area contributed by atoms with Crippen LogP contribution in [-0.2, 0) is 0 Å². The van der Waals surface area contributed by atoms with Gasteiger partial charge in [0.15, 0.2) is 5.78 Å². The van der Waals surface area contributed by atoms with Gasteiger partial charge in [-0.2, -0.15) is 0 Å². The molecule has 0 amide bonds. The normalized spacial score (nSPS) is 16.7. The van der Waals surface area contributed by atoms with E-state index in [1.165, 1.54) is 25.9 Å². The molecule has 1 aromatic carbocycles. The number of nitrogens with one attached hydrogen (secondary N) is 1. The van der Waals surface area contributed by atoms with Crippen molar-refractivity contribution in [2.45, 2.75) is 32.6 Å². The molecule has 1 N–H and O–H groups in total. The molecular formula is C24H28N4O. The lowest BCUT2D eigenvalue weighted by Gasteiger charge is -2.32. The lowest BCUT2D eigenvalue weighted by molar-refractivity contribution is 0.101. The topological polar surface area (TPSA) is 58.1 Å². The van der Waals surface area contributed by atoms with Crippen LogP contribution < -0.4 is 5.32 Å². The highest BCUT2D eigenvalue weighted by Crippen LogP contribution is 2.32. The van der Waals surface area contributed by atoms with Gasteiger partial charge in [0.25, 0.3) is 0 Å². The van der Waals surface area contributed by atoms with Gasteiger partial charge in [-0.1, -0.05) is 6.92 Å². The SMILES string of the molecule is CC(=O)c1ccc(Nc2cc3nc([C@@H](C)C4CCN(C)CC4)ccc3cn2)cc1. The molecule has 5 nitrogen and oxygen atoms in total. The fourth-order valence-electron chi connectivity index (χ4n) is 4.06. The van der Waals surface area contributed by atoms with Gasteiger partial charge in [-0.3, -0.25) is 9.78 Å². The number of hydrogen-bond donors (Lipinski definition) is 1. The van der Waals surface area contributed by atoms with Crippen LogP contribution in [-0.4, -0.2) is 40.8 Å². The lowest BCUT2D eigenvalue weighted by atomic mass is 9.83. The second-order valence-electron chi connectivity index (χ2n) is 8.19. The zero-order valence-corrected chi connectivity index (χ0v) is 17.4. The van der Waals surface area contributed by atoms with Gasteiger partial charge in [-0.15, -0.1) is 0 Å². The van der Waals surface area contributed by atoms with Crippen molar-refractivity contribution in [2.24, 2.45) is 5.92 Å². The third-order valence-corrected chi connectivity index (χ3v) is 6.10. The van der Waals surface area contributed by atoms with E-state index in [0.29, 0.717) is 17.4 Å². The number of benzene rings is 1. The van der Waals surface area contributed by atoms with Crippen molar-refractivity contribution in [2.75, 3.05) is 25.5 Å². The summed E-state index contributed by atoms with van der Waals surface area (Å²) >= 11 is 0. The van der Waals surface area contributed by atoms with E-state index in [-0.39, 0.29) is 5.78 Å². The maximum atomic E-state index is 11.4. The third-order valence-electron chi connectivity index (χ3n) is 6.10. The molecule has 1 saturated heterocycles. The Hall–Kier alpha value is -2.79. The van der Waals surface area contributed by atoms with Gasteiger partial charge < -0.3 is 10.2 Å². The van der Waals surface area contributed by atoms with Gasteiger partial charge >= 0.3 is 0 Å². The molecule has 1 atom stereocenters. The minimum absolute atomic E-state index is 0.0656. The Bertz CT molecular complexity index is 1010. The molecule has 1 aliphatic rings. The molecule has 5 heteroatoms. The van der Waals surface area contributed by atoms with Crippen molar-refractivity contribution in [3.63, 3.8) is 0 Å². The molecule has 0 radical (unpaired) electrons.